The Labute approximate surface area is 101 Å². The van der Waals surface area contributed by atoms with Gasteiger partial charge in [0.2, 0.25) is 5.91 Å². The van der Waals surface area contributed by atoms with Gasteiger partial charge in [0.1, 0.15) is 0 Å². The topological polar surface area (TPSA) is 95.7 Å². The first-order chi connectivity index (χ1) is 8.13. The summed E-state index contributed by atoms with van der Waals surface area (Å²) in [5.41, 5.74) is 4.86. The number of hydrogen-bond donors (Lipinski definition) is 3. The Morgan fingerprint density at radius 2 is 2.24 bits per heavy atom. The summed E-state index contributed by atoms with van der Waals surface area (Å²) in [5, 5.41) is 10.9. The van der Waals surface area contributed by atoms with Crippen molar-refractivity contribution in [2.75, 3.05) is 19.7 Å². The van der Waals surface area contributed by atoms with Crippen LogP contribution in [0.25, 0.3) is 0 Å². The number of imide groups is 1. The second kappa shape index (κ2) is 7.24. The van der Waals surface area contributed by atoms with E-state index in [1.54, 1.807) is 0 Å². The van der Waals surface area contributed by atoms with Gasteiger partial charge < -0.3 is 10.8 Å². The summed E-state index contributed by atoms with van der Waals surface area (Å²) in [6.45, 7) is 1.85. The fourth-order valence-corrected chi connectivity index (χ4v) is 2.29. The zero-order chi connectivity index (χ0) is 12.7. The number of primary amides is 1. The maximum atomic E-state index is 11.3. The highest BCUT2D eigenvalue weighted by molar-refractivity contribution is 5.93. The predicted octanol–water partition coefficient (Wildman–Crippen LogP) is -0.192. The van der Waals surface area contributed by atoms with Crippen molar-refractivity contribution in [1.82, 2.24) is 10.2 Å². The van der Waals surface area contributed by atoms with Gasteiger partial charge in [-0.2, -0.15) is 0 Å². The standard InChI is InChI=1S/C11H21N3O3/c12-11(17)13-10(16)5-7-14-6-1-3-9(14)4-2-8-15/h9,15H,1-8H2,(H3,12,13,16,17). The lowest BCUT2D eigenvalue weighted by Gasteiger charge is -2.23. The minimum atomic E-state index is -0.798. The van der Waals surface area contributed by atoms with Crippen molar-refractivity contribution in [1.29, 1.82) is 0 Å². The lowest BCUT2D eigenvalue weighted by molar-refractivity contribution is -0.120. The number of amides is 3. The Morgan fingerprint density at radius 3 is 2.88 bits per heavy atom. The summed E-state index contributed by atoms with van der Waals surface area (Å²) < 4.78 is 0. The number of urea groups is 1. The molecule has 3 amide bonds. The fraction of sp³-hybridized carbons (Fsp3) is 0.818. The van der Waals surface area contributed by atoms with Crippen molar-refractivity contribution in [3.63, 3.8) is 0 Å². The van der Waals surface area contributed by atoms with E-state index in [1.807, 2.05) is 0 Å². The molecule has 0 aromatic rings. The quantitative estimate of drug-likeness (QED) is 0.602. The molecule has 1 unspecified atom stereocenters. The van der Waals surface area contributed by atoms with Crippen LogP contribution in [-0.2, 0) is 4.79 Å². The monoisotopic (exact) mass is 243 g/mol. The van der Waals surface area contributed by atoms with Crippen LogP contribution in [0, 0.1) is 0 Å². The van der Waals surface area contributed by atoms with E-state index >= 15 is 0 Å². The van der Waals surface area contributed by atoms with Gasteiger partial charge in [-0.3, -0.25) is 15.0 Å². The number of nitrogens with two attached hydrogens (primary N) is 1. The van der Waals surface area contributed by atoms with Gasteiger partial charge in [-0.15, -0.1) is 0 Å². The zero-order valence-corrected chi connectivity index (χ0v) is 10.0. The molecule has 0 spiro atoms. The second-order valence-electron chi connectivity index (χ2n) is 4.36. The molecule has 4 N–H and O–H groups in total. The summed E-state index contributed by atoms with van der Waals surface area (Å²) >= 11 is 0. The minimum Gasteiger partial charge on any atom is -0.396 e. The van der Waals surface area contributed by atoms with Crippen LogP contribution in [0.2, 0.25) is 0 Å². The molecule has 98 valence electrons. The number of rotatable bonds is 6. The molecule has 1 aliphatic heterocycles. The van der Waals surface area contributed by atoms with Crippen LogP contribution in [0.5, 0.6) is 0 Å². The minimum absolute atomic E-state index is 0.215. The molecule has 1 aliphatic rings. The van der Waals surface area contributed by atoms with Gasteiger partial charge in [-0.25, -0.2) is 4.79 Å². The molecule has 1 saturated heterocycles. The van der Waals surface area contributed by atoms with Gasteiger partial charge in [-0.05, 0) is 32.2 Å². The van der Waals surface area contributed by atoms with Crippen LogP contribution in [0.15, 0.2) is 0 Å². The van der Waals surface area contributed by atoms with Crippen molar-refractivity contribution in [2.24, 2.45) is 5.73 Å². The number of nitrogens with zero attached hydrogens (tertiary/aromatic N) is 1. The summed E-state index contributed by atoms with van der Waals surface area (Å²) in [5.74, 6) is -0.328. The highest BCUT2D eigenvalue weighted by Gasteiger charge is 2.24. The number of likely N-dealkylation sites (tertiary alicyclic amines) is 1. The van der Waals surface area contributed by atoms with Crippen LogP contribution in [0.1, 0.15) is 32.1 Å². The molecule has 1 heterocycles. The Hall–Kier alpha value is -1.14. The number of hydrogen-bond acceptors (Lipinski definition) is 4. The molecular weight excluding hydrogens is 222 g/mol. The lowest BCUT2D eigenvalue weighted by atomic mass is 10.1. The summed E-state index contributed by atoms with van der Waals surface area (Å²) in [6.07, 6.45) is 4.31. The van der Waals surface area contributed by atoms with E-state index in [2.05, 4.69) is 10.2 Å². The van der Waals surface area contributed by atoms with Gasteiger partial charge in [0.25, 0.3) is 0 Å². The number of nitrogens with one attached hydrogen (secondary N) is 1. The predicted molar refractivity (Wildman–Crippen MR) is 63.3 cm³/mol. The Kier molecular flexibility index (Phi) is 5.93. The zero-order valence-electron chi connectivity index (χ0n) is 10.0. The van der Waals surface area contributed by atoms with E-state index < -0.39 is 6.03 Å². The van der Waals surface area contributed by atoms with Crippen LogP contribution in [0.3, 0.4) is 0 Å². The molecule has 6 nitrogen and oxygen atoms in total. The van der Waals surface area contributed by atoms with Gasteiger partial charge >= 0.3 is 6.03 Å². The Bertz CT molecular complexity index is 271. The van der Waals surface area contributed by atoms with E-state index in [9.17, 15) is 9.59 Å². The van der Waals surface area contributed by atoms with E-state index in [4.69, 9.17) is 10.8 Å². The van der Waals surface area contributed by atoms with Crippen LogP contribution in [-0.4, -0.2) is 47.7 Å². The summed E-state index contributed by atoms with van der Waals surface area (Å²) in [7, 11) is 0. The molecule has 0 saturated carbocycles. The molecule has 0 aromatic heterocycles. The van der Waals surface area contributed by atoms with Crippen molar-refractivity contribution >= 4 is 11.9 Å². The highest BCUT2D eigenvalue weighted by Crippen LogP contribution is 2.21. The largest absolute Gasteiger partial charge is 0.396 e. The SMILES string of the molecule is NC(=O)NC(=O)CCN1CCCC1CCCO. The average molecular weight is 243 g/mol. The van der Waals surface area contributed by atoms with Gasteiger partial charge in [0.05, 0.1) is 0 Å². The van der Waals surface area contributed by atoms with Gasteiger partial charge in [0.15, 0.2) is 0 Å². The van der Waals surface area contributed by atoms with Crippen molar-refractivity contribution in [3.8, 4) is 0 Å². The molecule has 1 fully saturated rings. The third-order valence-corrected chi connectivity index (χ3v) is 3.08. The van der Waals surface area contributed by atoms with Crippen LogP contribution < -0.4 is 11.1 Å². The number of aliphatic hydroxyl groups is 1. The lowest BCUT2D eigenvalue weighted by Crippen LogP contribution is -2.38. The van der Waals surface area contributed by atoms with Crippen LogP contribution in [0.4, 0.5) is 4.79 Å². The first-order valence-electron chi connectivity index (χ1n) is 6.07. The second-order valence-corrected chi connectivity index (χ2v) is 4.36. The first kappa shape index (κ1) is 13.9. The van der Waals surface area contributed by atoms with Gasteiger partial charge in [0, 0.05) is 25.6 Å². The molecule has 6 heteroatoms. The fourth-order valence-electron chi connectivity index (χ4n) is 2.29. The molecule has 0 aromatic carbocycles. The molecule has 17 heavy (non-hydrogen) atoms. The van der Waals surface area contributed by atoms with Gasteiger partial charge in [-0.1, -0.05) is 0 Å². The first-order valence-corrected chi connectivity index (χ1v) is 6.07. The summed E-state index contributed by atoms with van der Waals surface area (Å²) in [6, 6.07) is -0.336. The van der Waals surface area contributed by atoms with Crippen molar-refractivity contribution < 1.29 is 14.7 Å². The Balaban J connectivity index is 2.25. The van der Waals surface area contributed by atoms with E-state index in [1.165, 1.54) is 0 Å². The number of aliphatic hydroxyl groups excluding tert-OH is 1. The molecule has 1 rings (SSSR count). The molecule has 0 radical (unpaired) electrons. The third kappa shape index (κ3) is 5.14. The number of carbonyl (C=O) groups is 2. The van der Waals surface area contributed by atoms with E-state index in [0.717, 1.165) is 32.2 Å². The van der Waals surface area contributed by atoms with E-state index in [-0.39, 0.29) is 12.5 Å². The molecule has 0 bridgehead atoms. The Morgan fingerprint density at radius 1 is 1.47 bits per heavy atom. The maximum absolute atomic E-state index is 11.3. The third-order valence-electron chi connectivity index (χ3n) is 3.08. The maximum Gasteiger partial charge on any atom is 0.318 e. The van der Waals surface area contributed by atoms with Crippen molar-refractivity contribution in [2.45, 2.75) is 38.1 Å². The molecular formula is C11H21N3O3. The smallest absolute Gasteiger partial charge is 0.318 e. The van der Waals surface area contributed by atoms with E-state index in [0.29, 0.717) is 19.0 Å². The number of carbonyl (C=O) groups excluding carboxylic acids is 2. The van der Waals surface area contributed by atoms with Crippen molar-refractivity contribution in [3.05, 3.63) is 0 Å². The molecule has 1 atom stereocenters. The highest BCUT2D eigenvalue weighted by atomic mass is 16.3. The normalized spacial score (nSPS) is 20.4. The van der Waals surface area contributed by atoms with Crippen LogP contribution >= 0.6 is 0 Å². The molecule has 0 aliphatic carbocycles. The average Bonchev–Trinajstić information content (AvgIpc) is 2.70. The summed E-state index contributed by atoms with van der Waals surface area (Å²) in [4.78, 5) is 24.0.